The second-order valence-corrected chi connectivity index (χ2v) is 8.71. The summed E-state index contributed by atoms with van der Waals surface area (Å²) in [6, 6.07) is 14.0. The second-order valence-electron chi connectivity index (χ2n) is 7.06. The van der Waals surface area contributed by atoms with E-state index in [0.29, 0.717) is 49.5 Å². The highest BCUT2D eigenvalue weighted by molar-refractivity contribution is 7.90. The zero-order valence-corrected chi connectivity index (χ0v) is 17.0. The quantitative estimate of drug-likeness (QED) is 0.834. The molecule has 0 radical (unpaired) electrons. The Labute approximate surface area is 170 Å². The lowest BCUT2D eigenvalue weighted by atomic mass is 10.0. The van der Waals surface area contributed by atoms with Crippen molar-refractivity contribution in [1.29, 1.82) is 0 Å². The standard InChI is InChI=1S/C21H23N3O4S/c1-2-28-17-9-7-15(8-10-17)21(25)24-13-11-16(12-14-24)22-20-18-5-3-4-6-19(18)29(26,27)23-20/h3-10,16H,2,11-14H2,1H3,(H,22,23). The lowest BCUT2D eigenvalue weighted by Crippen LogP contribution is -2.40. The first kappa shape index (κ1) is 19.4. The third kappa shape index (κ3) is 3.98. The number of likely N-dealkylation sites (tertiary alicyclic amines) is 1. The van der Waals surface area contributed by atoms with E-state index < -0.39 is 10.0 Å². The molecule has 1 N–H and O–H groups in total. The molecule has 0 saturated carbocycles. The average Bonchev–Trinajstić information content (AvgIpc) is 2.99. The molecule has 0 aromatic heterocycles. The van der Waals surface area contributed by atoms with Crippen molar-refractivity contribution in [2.75, 3.05) is 19.7 Å². The number of rotatable bonds is 4. The summed E-state index contributed by atoms with van der Waals surface area (Å²) in [6.07, 6.45) is 1.38. The number of aliphatic imine (C=N–C) groups is 1. The zero-order valence-electron chi connectivity index (χ0n) is 16.2. The largest absolute Gasteiger partial charge is 0.494 e. The van der Waals surface area contributed by atoms with E-state index in [1.165, 1.54) is 0 Å². The average molecular weight is 413 g/mol. The van der Waals surface area contributed by atoms with E-state index in [4.69, 9.17) is 4.74 Å². The van der Waals surface area contributed by atoms with Gasteiger partial charge in [0.2, 0.25) is 0 Å². The first-order valence-corrected chi connectivity index (χ1v) is 11.2. The normalized spacial score (nSPS) is 19.6. The fourth-order valence-corrected chi connectivity index (χ4v) is 4.89. The molecule has 0 unspecified atom stereocenters. The van der Waals surface area contributed by atoms with E-state index in [9.17, 15) is 13.2 Å². The Balaban J connectivity index is 1.41. The third-order valence-corrected chi connectivity index (χ3v) is 6.54. The molecule has 0 spiro atoms. The van der Waals surface area contributed by atoms with Gasteiger partial charge in [-0.3, -0.25) is 14.5 Å². The number of amidine groups is 1. The van der Waals surface area contributed by atoms with Gasteiger partial charge in [0, 0.05) is 24.2 Å². The number of benzene rings is 2. The molecule has 0 atom stereocenters. The SMILES string of the molecule is CCOc1ccc(C(=O)N2CCC(N=C3NS(=O)(=O)c4ccccc43)CC2)cc1. The van der Waals surface area contributed by atoms with Gasteiger partial charge in [0.1, 0.15) is 11.6 Å². The van der Waals surface area contributed by atoms with Crippen LogP contribution in [0.2, 0.25) is 0 Å². The monoisotopic (exact) mass is 413 g/mol. The Bertz CT molecular complexity index is 1040. The summed E-state index contributed by atoms with van der Waals surface area (Å²) in [5.74, 6) is 1.14. The van der Waals surface area contributed by atoms with Gasteiger partial charge in [0.15, 0.2) is 0 Å². The van der Waals surface area contributed by atoms with Crippen molar-refractivity contribution in [2.24, 2.45) is 4.99 Å². The molecular formula is C21H23N3O4S. The summed E-state index contributed by atoms with van der Waals surface area (Å²) < 4.78 is 32.4. The number of hydrogen-bond donors (Lipinski definition) is 1. The molecule has 152 valence electrons. The van der Waals surface area contributed by atoms with Crippen LogP contribution in [0, 0.1) is 0 Å². The van der Waals surface area contributed by atoms with Gasteiger partial charge in [-0.05, 0) is 56.2 Å². The number of nitrogens with zero attached hydrogens (tertiary/aromatic N) is 2. The number of sulfonamides is 1. The van der Waals surface area contributed by atoms with Crippen molar-refractivity contribution >= 4 is 21.8 Å². The smallest absolute Gasteiger partial charge is 0.263 e. The molecule has 8 heteroatoms. The van der Waals surface area contributed by atoms with Gasteiger partial charge < -0.3 is 9.64 Å². The Morgan fingerprint density at radius 2 is 1.83 bits per heavy atom. The van der Waals surface area contributed by atoms with Crippen LogP contribution in [0.3, 0.4) is 0 Å². The molecule has 4 rings (SSSR count). The topological polar surface area (TPSA) is 88.1 Å². The van der Waals surface area contributed by atoms with Crippen molar-refractivity contribution in [3.05, 3.63) is 59.7 Å². The number of piperidine rings is 1. The number of nitrogens with one attached hydrogen (secondary N) is 1. The van der Waals surface area contributed by atoms with Crippen LogP contribution in [0.25, 0.3) is 0 Å². The molecule has 2 heterocycles. The summed E-state index contributed by atoms with van der Waals surface area (Å²) in [5, 5.41) is 0. The zero-order chi connectivity index (χ0) is 20.4. The van der Waals surface area contributed by atoms with Crippen molar-refractivity contribution in [3.8, 4) is 5.75 Å². The van der Waals surface area contributed by atoms with Crippen LogP contribution in [0.5, 0.6) is 5.75 Å². The van der Waals surface area contributed by atoms with E-state index >= 15 is 0 Å². The third-order valence-electron chi connectivity index (χ3n) is 5.14. The van der Waals surface area contributed by atoms with Crippen molar-refractivity contribution < 1.29 is 17.9 Å². The Hall–Kier alpha value is -2.87. The maximum Gasteiger partial charge on any atom is 0.263 e. The van der Waals surface area contributed by atoms with Crippen LogP contribution in [-0.2, 0) is 10.0 Å². The fourth-order valence-electron chi connectivity index (χ4n) is 3.65. The van der Waals surface area contributed by atoms with Crippen molar-refractivity contribution in [1.82, 2.24) is 9.62 Å². The molecule has 0 bridgehead atoms. The van der Waals surface area contributed by atoms with Gasteiger partial charge in [-0.15, -0.1) is 0 Å². The van der Waals surface area contributed by atoms with Gasteiger partial charge in [0.05, 0.1) is 17.5 Å². The summed E-state index contributed by atoms with van der Waals surface area (Å²) in [7, 11) is -3.53. The minimum Gasteiger partial charge on any atom is -0.494 e. The molecule has 29 heavy (non-hydrogen) atoms. The van der Waals surface area contributed by atoms with Crippen LogP contribution in [-0.4, -0.2) is 50.8 Å². The molecule has 1 amide bonds. The van der Waals surface area contributed by atoms with Crippen LogP contribution < -0.4 is 9.46 Å². The minimum atomic E-state index is -3.53. The second kappa shape index (κ2) is 7.87. The lowest BCUT2D eigenvalue weighted by Gasteiger charge is -2.30. The molecule has 2 aromatic rings. The van der Waals surface area contributed by atoms with E-state index in [-0.39, 0.29) is 16.8 Å². The van der Waals surface area contributed by atoms with E-state index in [2.05, 4.69) is 9.71 Å². The van der Waals surface area contributed by atoms with Crippen LogP contribution in [0.1, 0.15) is 35.7 Å². The highest BCUT2D eigenvalue weighted by Crippen LogP contribution is 2.24. The Morgan fingerprint density at radius 1 is 1.14 bits per heavy atom. The Kier molecular flexibility index (Phi) is 5.27. The van der Waals surface area contributed by atoms with Gasteiger partial charge >= 0.3 is 0 Å². The summed E-state index contributed by atoms with van der Waals surface area (Å²) in [5.41, 5.74) is 1.25. The van der Waals surface area contributed by atoms with Crippen LogP contribution in [0.4, 0.5) is 0 Å². The summed E-state index contributed by atoms with van der Waals surface area (Å²) in [4.78, 5) is 19.5. The van der Waals surface area contributed by atoms with Crippen LogP contribution in [0.15, 0.2) is 58.4 Å². The fraction of sp³-hybridized carbons (Fsp3) is 0.333. The van der Waals surface area contributed by atoms with Gasteiger partial charge in [-0.1, -0.05) is 12.1 Å². The molecular weight excluding hydrogens is 390 g/mol. The molecule has 0 aliphatic carbocycles. The van der Waals surface area contributed by atoms with E-state index in [1.807, 2.05) is 11.8 Å². The molecule has 2 aromatic carbocycles. The maximum absolute atomic E-state index is 12.7. The van der Waals surface area contributed by atoms with Gasteiger partial charge in [-0.25, -0.2) is 8.42 Å². The number of hydrogen-bond acceptors (Lipinski definition) is 5. The summed E-state index contributed by atoms with van der Waals surface area (Å²) in [6.45, 7) is 3.68. The first-order valence-electron chi connectivity index (χ1n) is 9.70. The number of ether oxygens (including phenoxy) is 1. The predicted molar refractivity (Wildman–Crippen MR) is 110 cm³/mol. The van der Waals surface area contributed by atoms with Crippen molar-refractivity contribution in [2.45, 2.75) is 30.7 Å². The lowest BCUT2D eigenvalue weighted by molar-refractivity contribution is 0.0715. The van der Waals surface area contributed by atoms with Gasteiger partial charge in [0.25, 0.3) is 15.9 Å². The number of fused-ring (bicyclic) bond motifs is 1. The molecule has 1 saturated heterocycles. The molecule has 2 aliphatic rings. The number of carbonyl (C=O) groups excluding carboxylic acids is 1. The Morgan fingerprint density at radius 3 is 2.52 bits per heavy atom. The van der Waals surface area contributed by atoms with Gasteiger partial charge in [-0.2, -0.15) is 0 Å². The molecule has 2 aliphatic heterocycles. The highest BCUT2D eigenvalue weighted by atomic mass is 32.2. The molecule has 1 fully saturated rings. The highest BCUT2D eigenvalue weighted by Gasteiger charge is 2.31. The summed E-state index contributed by atoms with van der Waals surface area (Å²) >= 11 is 0. The molecule has 7 nitrogen and oxygen atoms in total. The van der Waals surface area contributed by atoms with E-state index in [0.717, 1.165) is 5.75 Å². The number of carbonyl (C=O) groups is 1. The van der Waals surface area contributed by atoms with E-state index in [1.54, 1.807) is 48.5 Å². The number of amides is 1. The van der Waals surface area contributed by atoms with Crippen LogP contribution >= 0.6 is 0 Å². The first-order chi connectivity index (χ1) is 14.0. The predicted octanol–water partition coefficient (Wildman–Crippen LogP) is 2.43. The van der Waals surface area contributed by atoms with Crippen molar-refractivity contribution in [3.63, 3.8) is 0 Å². The minimum absolute atomic E-state index is 0.00827. The maximum atomic E-state index is 12.7.